The van der Waals surface area contributed by atoms with Crippen molar-refractivity contribution in [3.05, 3.63) is 84.9 Å². The zero-order valence-corrected chi connectivity index (χ0v) is 18.6. The van der Waals surface area contributed by atoms with E-state index in [1.807, 2.05) is 84.9 Å². The monoisotopic (exact) mass is 443 g/mol. The summed E-state index contributed by atoms with van der Waals surface area (Å²) in [7, 11) is 0. The molecule has 1 aliphatic rings. The summed E-state index contributed by atoms with van der Waals surface area (Å²) in [6.07, 6.45) is 4.13. The molecule has 33 heavy (non-hydrogen) atoms. The van der Waals surface area contributed by atoms with E-state index in [-0.39, 0.29) is 17.9 Å². The summed E-state index contributed by atoms with van der Waals surface area (Å²) in [5.41, 5.74) is 1.44. The van der Waals surface area contributed by atoms with Crippen molar-refractivity contribution in [2.45, 2.75) is 25.7 Å². The average Bonchev–Trinajstić information content (AvgIpc) is 3.39. The molecule has 2 N–H and O–H groups in total. The lowest BCUT2D eigenvalue weighted by Crippen LogP contribution is -2.42. The van der Waals surface area contributed by atoms with Gasteiger partial charge in [0.25, 0.3) is 0 Å². The topological polar surface area (TPSA) is 70.7 Å². The van der Waals surface area contributed by atoms with Crippen LogP contribution in [0, 0.1) is 5.92 Å². The maximum absolute atomic E-state index is 13.1. The molecule has 0 unspecified atom stereocenters. The van der Waals surface area contributed by atoms with E-state index in [0.717, 1.165) is 37.1 Å². The third kappa shape index (κ3) is 6.35. The van der Waals surface area contributed by atoms with E-state index in [2.05, 4.69) is 10.6 Å². The smallest absolute Gasteiger partial charge is 0.326 e. The summed E-state index contributed by atoms with van der Waals surface area (Å²) in [5.74, 6) is 1.62. The molecular weight excluding hydrogens is 414 g/mol. The van der Waals surface area contributed by atoms with Crippen LogP contribution in [0.1, 0.15) is 25.7 Å². The average molecular weight is 444 g/mol. The van der Waals surface area contributed by atoms with Crippen LogP contribution < -0.4 is 20.3 Å². The molecule has 0 saturated heterocycles. The third-order valence-corrected chi connectivity index (χ3v) is 5.76. The van der Waals surface area contributed by atoms with Crippen LogP contribution in [0.2, 0.25) is 0 Å². The molecule has 0 bridgehead atoms. The van der Waals surface area contributed by atoms with Crippen molar-refractivity contribution in [2.75, 3.05) is 23.3 Å². The van der Waals surface area contributed by atoms with Crippen LogP contribution in [0.15, 0.2) is 84.9 Å². The maximum Gasteiger partial charge on any atom is 0.326 e. The first-order chi connectivity index (χ1) is 16.2. The van der Waals surface area contributed by atoms with E-state index in [9.17, 15) is 9.59 Å². The van der Waals surface area contributed by atoms with Gasteiger partial charge in [-0.3, -0.25) is 9.69 Å². The van der Waals surface area contributed by atoms with Crippen molar-refractivity contribution >= 4 is 23.3 Å². The van der Waals surface area contributed by atoms with E-state index >= 15 is 0 Å². The molecule has 0 aliphatic heterocycles. The zero-order valence-electron chi connectivity index (χ0n) is 18.6. The number of benzene rings is 3. The second-order valence-corrected chi connectivity index (χ2v) is 8.13. The van der Waals surface area contributed by atoms with E-state index in [0.29, 0.717) is 24.5 Å². The molecule has 0 radical (unpaired) electrons. The fourth-order valence-electron chi connectivity index (χ4n) is 4.00. The van der Waals surface area contributed by atoms with Crippen molar-refractivity contribution in [1.82, 2.24) is 5.32 Å². The Hall–Kier alpha value is -3.80. The number of hydrogen-bond donors (Lipinski definition) is 2. The molecule has 1 aliphatic carbocycles. The molecule has 0 heterocycles. The predicted molar refractivity (Wildman–Crippen MR) is 131 cm³/mol. The summed E-state index contributed by atoms with van der Waals surface area (Å²) in [6.45, 7) is 0.746. The number of carbonyl (C=O) groups excluding carboxylic acids is 2. The molecule has 1 saturated carbocycles. The summed E-state index contributed by atoms with van der Waals surface area (Å²) < 4.78 is 5.86. The summed E-state index contributed by atoms with van der Waals surface area (Å²) >= 11 is 0. The van der Waals surface area contributed by atoms with Gasteiger partial charge in [-0.15, -0.1) is 0 Å². The number of urea groups is 1. The zero-order chi connectivity index (χ0) is 22.9. The number of para-hydroxylation sites is 2. The molecule has 3 aromatic rings. The van der Waals surface area contributed by atoms with Crippen molar-refractivity contribution in [2.24, 2.45) is 5.92 Å². The van der Waals surface area contributed by atoms with Crippen LogP contribution in [-0.4, -0.2) is 25.0 Å². The normalized spacial score (nSPS) is 13.3. The van der Waals surface area contributed by atoms with Gasteiger partial charge >= 0.3 is 6.03 Å². The number of nitrogens with one attached hydrogen (secondary N) is 2. The van der Waals surface area contributed by atoms with Gasteiger partial charge in [-0.25, -0.2) is 4.79 Å². The first-order valence-electron chi connectivity index (χ1n) is 11.4. The lowest BCUT2D eigenvalue weighted by Gasteiger charge is -2.24. The van der Waals surface area contributed by atoms with Gasteiger partial charge in [0.15, 0.2) is 0 Å². The minimum Gasteiger partial charge on any atom is -0.457 e. The van der Waals surface area contributed by atoms with Crippen LogP contribution in [0.4, 0.5) is 16.2 Å². The van der Waals surface area contributed by atoms with Crippen LogP contribution in [0.5, 0.6) is 11.5 Å². The van der Waals surface area contributed by atoms with Gasteiger partial charge in [-0.2, -0.15) is 0 Å². The highest BCUT2D eigenvalue weighted by molar-refractivity contribution is 6.01. The molecular formula is C27H29N3O3. The van der Waals surface area contributed by atoms with E-state index in [1.165, 1.54) is 0 Å². The van der Waals surface area contributed by atoms with Gasteiger partial charge in [-0.1, -0.05) is 49.2 Å². The molecule has 3 aromatic carbocycles. The Morgan fingerprint density at radius 3 is 2.09 bits per heavy atom. The predicted octanol–water partition coefficient (Wildman–Crippen LogP) is 5.82. The fourth-order valence-corrected chi connectivity index (χ4v) is 4.00. The largest absolute Gasteiger partial charge is 0.457 e. The van der Waals surface area contributed by atoms with Crippen molar-refractivity contribution in [3.8, 4) is 11.5 Å². The van der Waals surface area contributed by atoms with E-state index < -0.39 is 0 Å². The second-order valence-electron chi connectivity index (χ2n) is 8.13. The van der Waals surface area contributed by atoms with Gasteiger partial charge in [0.1, 0.15) is 11.5 Å². The quantitative estimate of drug-likeness (QED) is 0.461. The minimum atomic E-state index is -0.256. The number of hydrogen-bond acceptors (Lipinski definition) is 3. The Bertz CT molecular complexity index is 1030. The number of nitrogens with zero attached hydrogens (tertiary/aromatic N) is 1. The summed E-state index contributed by atoms with van der Waals surface area (Å²) in [4.78, 5) is 27.1. The van der Waals surface area contributed by atoms with Crippen LogP contribution >= 0.6 is 0 Å². The van der Waals surface area contributed by atoms with Crippen molar-refractivity contribution in [1.29, 1.82) is 0 Å². The van der Waals surface area contributed by atoms with Gasteiger partial charge in [0.05, 0.1) is 0 Å². The Labute approximate surface area is 194 Å². The van der Waals surface area contributed by atoms with Crippen molar-refractivity contribution < 1.29 is 14.3 Å². The van der Waals surface area contributed by atoms with Crippen LogP contribution in [-0.2, 0) is 4.79 Å². The summed E-state index contributed by atoms with van der Waals surface area (Å²) in [6, 6.07) is 26.0. The number of carbonyl (C=O) groups is 2. The number of amides is 3. The highest BCUT2D eigenvalue weighted by atomic mass is 16.5. The molecule has 3 amide bonds. The van der Waals surface area contributed by atoms with Crippen LogP contribution in [0.25, 0.3) is 0 Å². The fraction of sp³-hybridized carbons (Fsp3) is 0.259. The maximum atomic E-state index is 13.1. The van der Waals surface area contributed by atoms with Gasteiger partial charge in [0, 0.05) is 30.4 Å². The highest BCUT2D eigenvalue weighted by Gasteiger charge is 2.23. The molecule has 6 heteroatoms. The molecule has 0 atom stereocenters. The number of rotatable bonds is 8. The SMILES string of the molecule is O=C(NCCN(C(=O)Nc1ccccc1)c1ccc(Oc2ccccc2)cc1)C1CCCC1. The van der Waals surface area contributed by atoms with Crippen LogP contribution in [0.3, 0.4) is 0 Å². The van der Waals surface area contributed by atoms with E-state index in [1.54, 1.807) is 4.90 Å². The standard InChI is InChI=1S/C27H29N3O3/c31-26(21-9-7-8-10-21)28-19-20-30(27(32)29-22-11-3-1-4-12-22)23-15-17-25(18-16-23)33-24-13-5-2-6-14-24/h1-6,11-18,21H,7-10,19-20H2,(H,28,31)(H,29,32). The second kappa shape index (κ2) is 11.2. The van der Waals surface area contributed by atoms with E-state index in [4.69, 9.17) is 4.74 Å². The van der Waals surface area contributed by atoms with Crippen molar-refractivity contribution in [3.63, 3.8) is 0 Å². The number of anilines is 2. The molecule has 1 fully saturated rings. The lowest BCUT2D eigenvalue weighted by atomic mass is 10.1. The first kappa shape index (κ1) is 22.4. The lowest BCUT2D eigenvalue weighted by molar-refractivity contribution is -0.124. The highest BCUT2D eigenvalue weighted by Crippen LogP contribution is 2.26. The van der Waals surface area contributed by atoms with Gasteiger partial charge < -0.3 is 15.4 Å². The summed E-state index contributed by atoms with van der Waals surface area (Å²) in [5, 5.41) is 5.93. The molecule has 4 rings (SSSR count). The number of ether oxygens (including phenoxy) is 1. The molecule has 170 valence electrons. The molecule has 6 nitrogen and oxygen atoms in total. The first-order valence-corrected chi connectivity index (χ1v) is 11.4. The minimum absolute atomic E-state index is 0.0857. The Morgan fingerprint density at radius 2 is 1.42 bits per heavy atom. The molecule has 0 aromatic heterocycles. The third-order valence-electron chi connectivity index (χ3n) is 5.76. The van der Waals surface area contributed by atoms with Gasteiger partial charge in [0.2, 0.25) is 5.91 Å². The Morgan fingerprint density at radius 1 is 0.818 bits per heavy atom. The van der Waals surface area contributed by atoms with Gasteiger partial charge in [-0.05, 0) is 61.4 Å². The Kier molecular flexibility index (Phi) is 7.59. The Balaban J connectivity index is 1.43. The molecule has 0 spiro atoms.